The van der Waals surface area contributed by atoms with Crippen LogP contribution in [0.4, 0.5) is 0 Å². The molecule has 1 N–H and O–H groups in total. The predicted octanol–water partition coefficient (Wildman–Crippen LogP) is 2.01. The number of nitrogens with zero attached hydrogens (tertiary/aromatic N) is 5. The van der Waals surface area contributed by atoms with Gasteiger partial charge in [-0.25, -0.2) is 8.42 Å². The summed E-state index contributed by atoms with van der Waals surface area (Å²) in [5.74, 6) is -0.494. The lowest BCUT2D eigenvalue weighted by atomic mass is 9.98. The van der Waals surface area contributed by atoms with E-state index in [1.165, 1.54) is 4.31 Å². The first-order valence-corrected chi connectivity index (χ1v) is 12.0. The lowest BCUT2D eigenvalue weighted by Gasteiger charge is -2.31. The van der Waals surface area contributed by atoms with E-state index in [4.69, 9.17) is 0 Å². The Bertz CT molecular complexity index is 1010. The number of carbonyl (C=O) groups is 1. The number of nitrogens with one attached hydrogen (secondary N) is 1. The molecule has 2 aromatic heterocycles. The molecule has 1 amide bonds. The molecule has 166 valence electrons. The fourth-order valence-electron chi connectivity index (χ4n) is 3.96. The van der Waals surface area contributed by atoms with Crippen LogP contribution in [0.3, 0.4) is 0 Å². The van der Waals surface area contributed by atoms with Crippen molar-refractivity contribution in [3.05, 3.63) is 29.3 Å². The minimum absolute atomic E-state index is 0.118. The fraction of sp³-hybridized carbons (Fsp3) is 0.650. The van der Waals surface area contributed by atoms with Crippen LogP contribution in [0.25, 0.3) is 0 Å². The van der Waals surface area contributed by atoms with Crippen molar-refractivity contribution in [1.82, 2.24) is 29.2 Å². The maximum absolute atomic E-state index is 13.2. The number of rotatable bonds is 7. The van der Waals surface area contributed by atoms with Crippen LogP contribution in [-0.4, -0.2) is 51.3 Å². The van der Waals surface area contributed by atoms with Crippen LogP contribution >= 0.6 is 0 Å². The highest BCUT2D eigenvalue weighted by Gasteiger charge is 2.35. The molecule has 2 atom stereocenters. The van der Waals surface area contributed by atoms with Gasteiger partial charge in [-0.1, -0.05) is 0 Å². The summed E-state index contributed by atoms with van der Waals surface area (Å²) in [6, 6.07) is -0.185. The number of carbonyl (C=O) groups excluding carboxylic acids is 1. The third kappa shape index (κ3) is 4.44. The third-order valence-electron chi connectivity index (χ3n) is 5.73. The van der Waals surface area contributed by atoms with Gasteiger partial charge in [0.1, 0.15) is 4.90 Å². The Labute approximate surface area is 178 Å². The number of hydrogen-bond acceptors (Lipinski definition) is 5. The number of aromatic nitrogens is 4. The summed E-state index contributed by atoms with van der Waals surface area (Å²) in [7, 11) is -3.68. The van der Waals surface area contributed by atoms with Gasteiger partial charge in [0.2, 0.25) is 15.9 Å². The highest BCUT2D eigenvalue weighted by atomic mass is 32.2. The van der Waals surface area contributed by atoms with Crippen LogP contribution in [0.2, 0.25) is 0 Å². The topological polar surface area (TPSA) is 102 Å². The van der Waals surface area contributed by atoms with Gasteiger partial charge in [0, 0.05) is 44.1 Å². The average molecular weight is 437 g/mol. The van der Waals surface area contributed by atoms with Gasteiger partial charge < -0.3 is 5.32 Å². The molecule has 0 saturated carbocycles. The van der Waals surface area contributed by atoms with Crippen LogP contribution < -0.4 is 5.32 Å². The second-order valence-electron chi connectivity index (χ2n) is 7.89. The van der Waals surface area contributed by atoms with Crippen molar-refractivity contribution in [3.8, 4) is 0 Å². The number of aryl methyl sites for hydroxylation is 4. The number of amides is 1. The molecular weight excluding hydrogens is 404 g/mol. The minimum Gasteiger partial charge on any atom is -0.349 e. The molecule has 1 aliphatic rings. The lowest BCUT2D eigenvalue weighted by molar-refractivity contribution is -0.126. The molecular formula is C20H32N6O3S. The molecule has 0 unspecified atom stereocenters. The van der Waals surface area contributed by atoms with E-state index in [-0.39, 0.29) is 29.3 Å². The maximum Gasteiger partial charge on any atom is 0.246 e. The fourth-order valence-corrected chi connectivity index (χ4v) is 5.65. The van der Waals surface area contributed by atoms with E-state index >= 15 is 0 Å². The highest BCUT2D eigenvalue weighted by molar-refractivity contribution is 7.89. The first-order valence-electron chi connectivity index (χ1n) is 10.6. The molecule has 9 nitrogen and oxygen atoms in total. The Kier molecular flexibility index (Phi) is 6.66. The summed E-state index contributed by atoms with van der Waals surface area (Å²) in [6.07, 6.45) is 4.85. The molecule has 3 rings (SSSR count). The van der Waals surface area contributed by atoms with E-state index in [1.54, 1.807) is 17.8 Å². The van der Waals surface area contributed by atoms with Crippen molar-refractivity contribution in [1.29, 1.82) is 0 Å². The largest absolute Gasteiger partial charge is 0.349 e. The Morgan fingerprint density at radius 3 is 2.40 bits per heavy atom. The van der Waals surface area contributed by atoms with Gasteiger partial charge in [-0.15, -0.1) is 0 Å². The Hall–Kier alpha value is -2.20. The van der Waals surface area contributed by atoms with Crippen molar-refractivity contribution in [2.45, 2.75) is 71.5 Å². The van der Waals surface area contributed by atoms with Gasteiger partial charge in [0.25, 0.3) is 0 Å². The molecule has 10 heteroatoms. The summed E-state index contributed by atoms with van der Waals surface area (Å²) in [6.45, 7) is 11.5. The molecule has 1 fully saturated rings. The number of hydrogen-bond donors (Lipinski definition) is 1. The molecule has 0 aromatic carbocycles. The molecule has 30 heavy (non-hydrogen) atoms. The zero-order chi connectivity index (χ0) is 22.1. The first-order chi connectivity index (χ1) is 14.2. The van der Waals surface area contributed by atoms with Crippen molar-refractivity contribution >= 4 is 15.9 Å². The summed E-state index contributed by atoms with van der Waals surface area (Å²) >= 11 is 0. The normalized spacial score (nSPS) is 19.0. The molecule has 2 aromatic rings. The van der Waals surface area contributed by atoms with Crippen LogP contribution in [0.5, 0.6) is 0 Å². The molecule has 0 spiro atoms. The molecule has 3 heterocycles. The number of piperidine rings is 1. The van der Waals surface area contributed by atoms with Crippen LogP contribution in [0.15, 0.2) is 17.3 Å². The van der Waals surface area contributed by atoms with Gasteiger partial charge >= 0.3 is 0 Å². The summed E-state index contributed by atoms with van der Waals surface area (Å²) in [4.78, 5) is 13.1. The first kappa shape index (κ1) is 22.5. The Morgan fingerprint density at radius 2 is 1.80 bits per heavy atom. The quantitative estimate of drug-likeness (QED) is 0.715. The van der Waals surface area contributed by atoms with Crippen molar-refractivity contribution in [3.63, 3.8) is 0 Å². The van der Waals surface area contributed by atoms with E-state index in [0.29, 0.717) is 31.6 Å². The van der Waals surface area contributed by atoms with Crippen molar-refractivity contribution in [2.75, 3.05) is 13.1 Å². The monoisotopic (exact) mass is 436 g/mol. The smallest absolute Gasteiger partial charge is 0.246 e. The minimum atomic E-state index is -3.68. The van der Waals surface area contributed by atoms with E-state index < -0.39 is 10.0 Å². The van der Waals surface area contributed by atoms with Crippen LogP contribution in [0, 0.1) is 19.8 Å². The predicted molar refractivity (Wildman–Crippen MR) is 113 cm³/mol. The van der Waals surface area contributed by atoms with E-state index in [0.717, 1.165) is 17.8 Å². The van der Waals surface area contributed by atoms with Gasteiger partial charge in [-0.2, -0.15) is 14.5 Å². The summed E-state index contributed by atoms with van der Waals surface area (Å²) in [5, 5.41) is 11.7. The molecule has 1 saturated heterocycles. The van der Waals surface area contributed by atoms with E-state index in [1.807, 2.05) is 38.6 Å². The van der Waals surface area contributed by atoms with Crippen LogP contribution in [0.1, 0.15) is 56.6 Å². The summed E-state index contributed by atoms with van der Waals surface area (Å²) in [5.41, 5.74) is 2.36. The maximum atomic E-state index is 13.2. The SMILES string of the molecule is CCn1cc([C@H](C)NC(=O)[C@H]2CCCN(S(=O)(=O)c3cn(CC)nc3C)C2)c(C)n1. The second kappa shape index (κ2) is 8.89. The second-order valence-corrected chi connectivity index (χ2v) is 9.80. The van der Waals surface area contributed by atoms with Crippen LogP contribution in [-0.2, 0) is 27.9 Å². The zero-order valence-corrected chi connectivity index (χ0v) is 19.2. The van der Waals surface area contributed by atoms with Gasteiger partial charge in [0.15, 0.2) is 0 Å². The van der Waals surface area contributed by atoms with Crippen molar-refractivity contribution < 1.29 is 13.2 Å². The molecule has 0 bridgehead atoms. The van der Waals surface area contributed by atoms with Crippen molar-refractivity contribution in [2.24, 2.45) is 5.92 Å². The lowest BCUT2D eigenvalue weighted by Crippen LogP contribution is -2.45. The summed E-state index contributed by atoms with van der Waals surface area (Å²) < 4.78 is 31.2. The van der Waals surface area contributed by atoms with E-state index in [2.05, 4.69) is 15.5 Å². The average Bonchev–Trinajstić information content (AvgIpc) is 3.30. The zero-order valence-electron chi connectivity index (χ0n) is 18.4. The van der Waals surface area contributed by atoms with E-state index in [9.17, 15) is 13.2 Å². The third-order valence-corrected chi connectivity index (χ3v) is 7.70. The molecule has 1 aliphatic heterocycles. The standard InChI is InChI=1S/C20H32N6O3S/c1-6-24-12-18(15(4)22-24)14(3)21-20(27)17-9-8-10-26(11-17)30(28,29)19-13-25(7-2)23-16(19)5/h12-14,17H,6-11H2,1-5H3,(H,21,27)/t14-,17-/m0/s1. The molecule has 0 aliphatic carbocycles. The molecule has 0 radical (unpaired) electrons. The number of sulfonamides is 1. The van der Waals surface area contributed by atoms with Gasteiger partial charge in [-0.3, -0.25) is 14.2 Å². The van der Waals surface area contributed by atoms with Gasteiger partial charge in [0.05, 0.1) is 23.3 Å². The Morgan fingerprint density at radius 1 is 1.17 bits per heavy atom. The Balaban J connectivity index is 1.71. The van der Waals surface area contributed by atoms with Gasteiger partial charge in [-0.05, 0) is 47.5 Å². The highest BCUT2D eigenvalue weighted by Crippen LogP contribution is 2.26.